The number of ether oxygens (including phenoxy) is 2. The molecule has 106 valence electrons. The highest BCUT2D eigenvalue weighted by Crippen LogP contribution is 2.23. The van der Waals surface area contributed by atoms with Crippen LogP contribution in [0.15, 0.2) is 30.9 Å². The van der Waals surface area contributed by atoms with Crippen LogP contribution in [-0.4, -0.2) is 41.3 Å². The fraction of sp³-hybridized carbons (Fsp3) is 0.154. The molecule has 0 spiro atoms. The maximum absolute atomic E-state index is 11.6. The average Bonchev–Trinajstić information content (AvgIpc) is 2.42. The Balaban J connectivity index is 2.64. The van der Waals surface area contributed by atoms with Crippen molar-refractivity contribution in [2.24, 2.45) is 0 Å². The molecule has 0 bridgehead atoms. The van der Waals surface area contributed by atoms with Crippen LogP contribution in [0, 0.1) is 0 Å². The second-order valence-corrected chi connectivity index (χ2v) is 3.51. The first-order chi connectivity index (χ1) is 9.47. The number of aromatic hydroxyl groups is 1. The van der Waals surface area contributed by atoms with Crippen molar-refractivity contribution in [3.63, 3.8) is 0 Å². The molecular formula is C13H12O7. The van der Waals surface area contributed by atoms with Crippen LogP contribution < -0.4 is 0 Å². The van der Waals surface area contributed by atoms with Gasteiger partial charge in [-0.15, -0.1) is 0 Å². The standard InChI is InChI=1S/C13H12O7/c1-2-10(14)19-6-7-20-13(18)9-5-3-4-8(11(9)15)12(16)17/h2-5,15H,1,6-7H2,(H,16,17). The summed E-state index contributed by atoms with van der Waals surface area (Å²) in [5.41, 5.74) is -0.683. The number of benzene rings is 1. The molecule has 0 aromatic heterocycles. The third-order valence-corrected chi connectivity index (χ3v) is 2.21. The Bertz CT molecular complexity index is 548. The van der Waals surface area contributed by atoms with Gasteiger partial charge in [0.1, 0.15) is 30.1 Å². The minimum absolute atomic E-state index is 0.171. The Hall–Kier alpha value is -2.83. The largest absolute Gasteiger partial charge is 0.506 e. The van der Waals surface area contributed by atoms with E-state index >= 15 is 0 Å². The summed E-state index contributed by atoms with van der Waals surface area (Å²) in [4.78, 5) is 33.1. The highest BCUT2D eigenvalue weighted by atomic mass is 16.6. The molecule has 0 amide bonds. The normalized spacial score (nSPS) is 9.60. The van der Waals surface area contributed by atoms with Crippen molar-refractivity contribution < 1.29 is 34.1 Å². The number of aromatic carboxylic acids is 1. The Labute approximate surface area is 114 Å². The summed E-state index contributed by atoms with van der Waals surface area (Å²) in [5.74, 6) is -3.61. The van der Waals surface area contributed by atoms with Gasteiger partial charge in [0, 0.05) is 6.08 Å². The third kappa shape index (κ3) is 3.84. The zero-order chi connectivity index (χ0) is 15.1. The first-order valence-corrected chi connectivity index (χ1v) is 5.49. The monoisotopic (exact) mass is 280 g/mol. The van der Waals surface area contributed by atoms with Crippen LogP contribution in [0.4, 0.5) is 0 Å². The van der Waals surface area contributed by atoms with E-state index in [1.54, 1.807) is 0 Å². The molecule has 7 nitrogen and oxygen atoms in total. The molecule has 0 aliphatic heterocycles. The van der Waals surface area contributed by atoms with Crippen molar-refractivity contribution in [1.82, 2.24) is 0 Å². The summed E-state index contributed by atoms with van der Waals surface area (Å²) in [6, 6.07) is 3.68. The Kier molecular flexibility index (Phi) is 5.28. The van der Waals surface area contributed by atoms with Gasteiger partial charge in [0.25, 0.3) is 0 Å². The number of carboxylic acid groups (broad SMARTS) is 1. The van der Waals surface area contributed by atoms with Gasteiger partial charge in [0.15, 0.2) is 0 Å². The van der Waals surface area contributed by atoms with Gasteiger partial charge in [-0.25, -0.2) is 14.4 Å². The van der Waals surface area contributed by atoms with Gasteiger partial charge in [0.2, 0.25) is 0 Å². The van der Waals surface area contributed by atoms with E-state index in [2.05, 4.69) is 11.3 Å². The summed E-state index contributed by atoms with van der Waals surface area (Å²) in [5, 5.41) is 18.4. The molecule has 0 fully saturated rings. The number of phenols is 1. The number of esters is 2. The predicted molar refractivity (Wildman–Crippen MR) is 66.5 cm³/mol. The third-order valence-electron chi connectivity index (χ3n) is 2.21. The molecule has 1 aromatic rings. The molecule has 1 rings (SSSR count). The molecule has 1 aromatic carbocycles. The lowest BCUT2D eigenvalue weighted by Gasteiger charge is -2.07. The minimum atomic E-state index is -1.36. The lowest BCUT2D eigenvalue weighted by Crippen LogP contribution is -2.13. The molecule has 0 aliphatic carbocycles. The summed E-state index contributed by atoms with van der Waals surface area (Å²) in [6.45, 7) is 2.79. The second kappa shape index (κ2) is 6.93. The molecule has 0 aliphatic rings. The van der Waals surface area contributed by atoms with Crippen molar-refractivity contribution in [2.75, 3.05) is 13.2 Å². The van der Waals surface area contributed by atoms with Gasteiger partial charge in [-0.3, -0.25) is 0 Å². The van der Waals surface area contributed by atoms with Crippen molar-refractivity contribution >= 4 is 17.9 Å². The predicted octanol–water partition coefficient (Wildman–Crippen LogP) is 0.976. The average molecular weight is 280 g/mol. The number of para-hydroxylation sites is 1. The van der Waals surface area contributed by atoms with Crippen LogP contribution in [0.2, 0.25) is 0 Å². The Morgan fingerprint density at radius 2 is 1.75 bits per heavy atom. The number of carbonyl (C=O) groups excluding carboxylic acids is 2. The van der Waals surface area contributed by atoms with E-state index in [0.717, 1.165) is 12.1 Å². The molecule has 7 heteroatoms. The van der Waals surface area contributed by atoms with Crippen LogP contribution in [0.25, 0.3) is 0 Å². The van der Waals surface area contributed by atoms with Gasteiger partial charge >= 0.3 is 17.9 Å². The fourth-order valence-electron chi connectivity index (χ4n) is 1.29. The number of rotatable bonds is 6. The molecule has 20 heavy (non-hydrogen) atoms. The lowest BCUT2D eigenvalue weighted by atomic mass is 10.1. The summed E-state index contributed by atoms with van der Waals surface area (Å²) in [6.07, 6.45) is 0.962. The molecule has 2 N–H and O–H groups in total. The number of hydrogen-bond acceptors (Lipinski definition) is 6. The Morgan fingerprint density at radius 3 is 2.35 bits per heavy atom. The van der Waals surface area contributed by atoms with Crippen molar-refractivity contribution in [3.05, 3.63) is 42.0 Å². The quantitative estimate of drug-likeness (QED) is 0.454. The number of hydrogen-bond donors (Lipinski definition) is 2. The number of carbonyl (C=O) groups is 3. The van der Waals surface area contributed by atoms with E-state index < -0.39 is 29.2 Å². The van der Waals surface area contributed by atoms with E-state index in [4.69, 9.17) is 9.84 Å². The zero-order valence-corrected chi connectivity index (χ0v) is 10.4. The maximum atomic E-state index is 11.6. The van der Waals surface area contributed by atoms with Gasteiger partial charge in [-0.1, -0.05) is 12.6 Å². The van der Waals surface area contributed by atoms with Crippen LogP contribution in [0.5, 0.6) is 5.75 Å². The smallest absolute Gasteiger partial charge is 0.342 e. The van der Waals surface area contributed by atoms with E-state index in [-0.39, 0.29) is 18.8 Å². The number of carboxylic acids is 1. The fourth-order valence-corrected chi connectivity index (χ4v) is 1.29. The molecular weight excluding hydrogens is 268 g/mol. The highest BCUT2D eigenvalue weighted by molar-refractivity contribution is 5.99. The van der Waals surface area contributed by atoms with Gasteiger partial charge in [-0.05, 0) is 12.1 Å². The first-order valence-electron chi connectivity index (χ1n) is 5.49. The topological polar surface area (TPSA) is 110 Å². The SMILES string of the molecule is C=CC(=O)OCCOC(=O)c1cccc(C(=O)O)c1O. The van der Waals surface area contributed by atoms with E-state index in [1.807, 2.05) is 0 Å². The van der Waals surface area contributed by atoms with Gasteiger partial charge in [0.05, 0.1) is 0 Å². The molecule has 0 radical (unpaired) electrons. The van der Waals surface area contributed by atoms with Crippen LogP contribution in [0.1, 0.15) is 20.7 Å². The zero-order valence-electron chi connectivity index (χ0n) is 10.4. The van der Waals surface area contributed by atoms with E-state index in [1.165, 1.54) is 12.1 Å². The van der Waals surface area contributed by atoms with Gasteiger partial charge in [-0.2, -0.15) is 0 Å². The molecule has 0 atom stereocenters. The first kappa shape index (κ1) is 15.2. The maximum Gasteiger partial charge on any atom is 0.342 e. The second-order valence-electron chi connectivity index (χ2n) is 3.51. The molecule has 0 saturated carbocycles. The minimum Gasteiger partial charge on any atom is -0.506 e. The van der Waals surface area contributed by atoms with Crippen molar-refractivity contribution in [3.8, 4) is 5.75 Å². The molecule has 0 unspecified atom stereocenters. The van der Waals surface area contributed by atoms with Crippen molar-refractivity contribution in [2.45, 2.75) is 0 Å². The van der Waals surface area contributed by atoms with Gasteiger partial charge < -0.3 is 19.7 Å². The van der Waals surface area contributed by atoms with Crippen LogP contribution in [0.3, 0.4) is 0 Å². The molecule has 0 saturated heterocycles. The van der Waals surface area contributed by atoms with Crippen LogP contribution >= 0.6 is 0 Å². The molecule has 0 heterocycles. The lowest BCUT2D eigenvalue weighted by molar-refractivity contribution is -0.138. The van der Waals surface area contributed by atoms with Crippen molar-refractivity contribution in [1.29, 1.82) is 0 Å². The summed E-state index contributed by atoms with van der Waals surface area (Å²) < 4.78 is 9.31. The summed E-state index contributed by atoms with van der Waals surface area (Å²) in [7, 11) is 0. The Morgan fingerprint density at radius 1 is 1.15 bits per heavy atom. The highest BCUT2D eigenvalue weighted by Gasteiger charge is 2.18. The van der Waals surface area contributed by atoms with E-state index in [0.29, 0.717) is 0 Å². The summed E-state index contributed by atoms with van der Waals surface area (Å²) >= 11 is 0. The van der Waals surface area contributed by atoms with Crippen LogP contribution in [-0.2, 0) is 14.3 Å². The van der Waals surface area contributed by atoms with E-state index in [9.17, 15) is 19.5 Å².